The average molecular weight is 291 g/mol. The topological polar surface area (TPSA) is 17.1 Å². The molecular formula is C15H8ClFOS. The summed E-state index contributed by atoms with van der Waals surface area (Å²) >= 11 is 7.35. The van der Waals surface area contributed by atoms with Gasteiger partial charge in [-0.15, -0.1) is 11.3 Å². The van der Waals surface area contributed by atoms with Gasteiger partial charge >= 0.3 is 0 Å². The van der Waals surface area contributed by atoms with E-state index < -0.39 is 5.82 Å². The summed E-state index contributed by atoms with van der Waals surface area (Å²) in [5, 5.41) is 2.54. The van der Waals surface area contributed by atoms with Gasteiger partial charge in [0.25, 0.3) is 0 Å². The average Bonchev–Trinajstić information content (AvgIpc) is 2.85. The van der Waals surface area contributed by atoms with Crippen molar-refractivity contribution in [2.75, 3.05) is 0 Å². The van der Waals surface area contributed by atoms with Gasteiger partial charge < -0.3 is 0 Å². The Bertz CT molecular complexity index is 779. The van der Waals surface area contributed by atoms with E-state index in [-0.39, 0.29) is 16.4 Å². The number of halogens is 2. The van der Waals surface area contributed by atoms with Crippen molar-refractivity contribution >= 4 is 38.8 Å². The van der Waals surface area contributed by atoms with E-state index in [4.69, 9.17) is 11.6 Å². The zero-order chi connectivity index (χ0) is 13.4. The molecule has 1 nitrogen and oxygen atoms in total. The van der Waals surface area contributed by atoms with Crippen molar-refractivity contribution in [1.82, 2.24) is 0 Å². The summed E-state index contributed by atoms with van der Waals surface area (Å²) in [5.74, 6) is -0.825. The van der Waals surface area contributed by atoms with Crippen LogP contribution in [0.4, 0.5) is 4.39 Å². The number of benzene rings is 2. The summed E-state index contributed by atoms with van der Waals surface area (Å²) in [6.07, 6.45) is 0. The van der Waals surface area contributed by atoms with Crippen LogP contribution in [0.2, 0.25) is 5.02 Å². The fourth-order valence-electron chi connectivity index (χ4n) is 1.98. The van der Waals surface area contributed by atoms with E-state index in [0.29, 0.717) is 5.56 Å². The molecule has 0 aliphatic rings. The lowest BCUT2D eigenvalue weighted by Gasteiger charge is -2.03. The van der Waals surface area contributed by atoms with Crippen LogP contribution in [-0.4, -0.2) is 5.78 Å². The summed E-state index contributed by atoms with van der Waals surface area (Å²) in [4.78, 5) is 12.5. The van der Waals surface area contributed by atoms with Gasteiger partial charge in [0.2, 0.25) is 0 Å². The lowest BCUT2D eigenvalue weighted by atomic mass is 10.0. The maximum Gasteiger partial charge on any atom is 0.196 e. The molecule has 0 spiro atoms. The monoisotopic (exact) mass is 290 g/mol. The Balaban J connectivity index is 2.17. The molecule has 0 aliphatic heterocycles. The van der Waals surface area contributed by atoms with Crippen LogP contribution in [0.5, 0.6) is 0 Å². The standard InChI is InChI=1S/C15H8ClFOS/c16-14-10(5-3-6-12(14)17)15(18)11-8-19-13-7-2-1-4-9(11)13/h1-8H. The number of ketones is 1. The smallest absolute Gasteiger partial charge is 0.196 e. The first-order valence-corrected chi connectivity index (χ1v) is 6.89. The minimum absolute atomic E-state index is 0.122. The van der Waals surface area contributed by atoms with Crippen LogP contribution in [0.1, 0.15) is 15.9 Å². The van der Waals surface area contributed by atoms with Crippen molar-refractivity contribution in [2.45, 2.75) is 0 Å². The quantitative estimate of drug-likeness (QED) is 0.612. The maximum atomic E-state index is 13.4. The first-order valence-electron chi connectivity index (χ1n) is 5.63. The molecule has 0 saturated heterocycles. The molecule has 1 aromatic heterocycles. The number of hydrogen-bond donors (Lipinski definition) is 0. The number of hydrogen-bond acceptors (Lipinski definition) is 2. The molecule has 0 amide bonds. The lowest BCUT2D eigenvalue weighted by molar-refractivity contribution is 0.104. The van der Waals surface area contributed by atoms with E-state index in [1.54, 1.807) is 11.4 Å². The van der Waals surface area contributed by atoms with E-state index in [0.717, 1.165) is 10.1 Å². The predicted octanol–water partition coefficient (Wildman–Crippen LogP) is 4.92. The molecule has 0 atom stereocenters. The van der Waals surface area contributed by atoms with Crippen LogP contribution in [0, 0.1) is 5.82 Å². The first-order chi connectivity index (χ1) is 9.18. The fourth-order valence-corrected chi connectivity index (χ4v) is 3.13. The molecule has 19 heavy (non-hydrogen) atoms. The molecule has 2 aromatic carbocycles. The Morgan fingerprint density at radius 2 is 1.84 bits per heavy atom. The second-order valence-corrected chi connectivity index (χ2v) is 5.37. The number of rotatable bonds is 2. The van der Waals surface area contributed by atoms with E-state index in [2.05, 4.69) is 0 Å². The summed E-state index contributed by atoms with van der Waals surface area (Å²) in [7, 11) is 0. The molecule has 0 radical (unpaired) electrons. The third-order valence-corrected chi connectivity index (χ3v) is 4.27. The van der Waals surface area contributed by atoms with Gasteiger partial charge in [-0.25, -0.2) is 4.39 Å². The SMILES string of the molecule is O=C(c1cccc(F)c1Cl)c1csc2ccccc12. The van der Waals surface area contributed by atoms with Crippen molar-refractivity contribution in [1.29, 1.82) is 0 Å². The Morgan fingerprint density at radius 1 is 1.05 bits per heavy atom. The number of carbonyl (C=O) groups is 1. The molecule has 0 fully saturated rings. The van der Waals surface area contributed by atoms with E-state index in [1.807, 2.05) is 24.3 Å². The molecule has 3 rings (SSSR count). The summed E-state index contributed by atoms with van der Waals surface area (Å²) in [6.45, 7) is 0. The van der Waals surface area contributed by atoms with E-state index in [1.165, 1.54) is 23.5 Å². The molecule has 0 unspecified atom stereocenters. The number of fused-ring (bicyclic) bond motifs is 1. The highest BCUT2D eigenvalue weighted by Gasteiger charge is 2.18. The zero-order valence-electron chi connectivity index (χ0n) is 9.69. The zero-order valence-corrected chi connectivity index (χ0v) is 11.3. The van der Waals surface area contributed by atoms with Gasteiger partial charge in [0.05, 0.1) is 5.02 Å². The first kappa shape index (κ1) is 12.3. The van der Waals surface area contributed by atoms with Crippen molar-refractivity contribution in [3.8, 4) is 0 Å². The highest BCUT2D eigenvalue weighted by Crippen LogP contribution is 2.30. The van der Waals surface area contributed by atoms with Crippen LogP contribution in [0.3, 0.4) is 0 Å². The minimum Gasteiger partial charge on any atom is -0.288 e. The second kappa shape index (κ2) is 4.76. The van der Waals surface area contributed by atoms with Crippen molar-refractivity contribution in [3.05, 3.63) is 69.8 Å². The van der Waals surface area contributed by atoms with E-state index >= 15 is 0 Å². The van der Waals surface area contributed by atoms with Gasteiger partial charge in [-0.05, 0) is 18.2 Å². The Labute approximate surface area is 118 Å². The molecule has 0 bridgehead atoms. The molecule has 1 heterocycles. The molecule has 0 saturated carbocycles. The summed E-state index contributed by atoms with van der Waals surface area (Å²) in [5.41, 5.74) is 0.762. The molecule has 3 aromatic rings. The molecule has 0 N–H and O–H groups in total. The van der Waals surface area contributed by atoms with Crippen molar-refractivity contribution < 1.29 is 9.18 Å². The molecular weight excluding hydrogens is 283 g/mol. The van der Waals surface area contributed by atoms with Crippen molar-refractivity contribution in [2.24, 2.45) is 0 Å². The van der Waals surface area contributed by atoms with E-state index in [9.17, 15) is 9.18 Å². The highest BCUT2D eigenvalue weighted by molar-refractivity contribution is 7.17. The Hall–Kier alpha value is -1.71. The second-order valence-electron chi connectivity index (χ2n) is 4.08. The minimum atomic E-state index is -0.577. The third-order valence-electron chi connectivity index (χ3n) is 2.92. The summed E-state index contributed by atoms with van der Waals surface area (Å²) < 4.78 is 14.4. The van der Waals surface area contributed by atoms with Crippen molar-refractivity contribution in [3.63, 3.8) is 0 Å². The predicted molar refractivity (Wildman–Crippen MR) is 76.7 cm³/mol. The van der Waals surface area contributed by atoms with Gasteiger partial charge in [0.15, 0.2) is 5.78 Å². The Morgan fingerprint density at radius 3 is 2.68 bits per heavy atom. The molecule has 94 valence electrons. The van der Waals surface area contributed by atoms with Crippen LogP contribution in [-0.2, 0) is 0 Å². The van der Waals surface area contributed by atoms with Crippen LogP contribution >= 0.6 is 22.9 Å². The van der Waals surface area contributed by atoms with Gasteiger partial charge in [-0.2, -0.15) is 0 Å². The number of thiophene rings is 1. The Kier molecular flexibility index (Phi) is 3.09. The summed E-state index contributed by atoms with van der Waals surface area (Å²) in [6, 6.07) is 11.9. The van der Waals surface area contributed by atoms with Crippen LogP contribution in [0.25, 0.3) is 10.1 Å². The molecule has 4 heteroatoms. The lowest BCUT2D eigenvalue weighted by Crippen LogP contribution is -2.02. The van der Waals surface area contributed by atoms with Crippen LogP contribution < -0.4 is 0 Å². The van der Waals surface area contributed by atoms with Gasteiger partial charge in [0, 0.05) is 26.6 Å². The van der Waals surface area contributed by atoms with Gasteiger partial charge in [-0.3, -0.25) is 4.79 Å². The highest BCUT2D eigenvalue weighted by atomic mass is 35.5. The van der Waals surface area contributed by atoms with Gasteiger partial charge in [0.1, 0.15) is 5.82 Å². The molecule has 0 aliphatic carbocycles. The normalized spacial score (nSPS) is 10.8. The van der Waals surface area contributed by atoms with Gasteiger partial charge in [-0.1, -0.05) is 35.9 Å². The largest absolute Gasteiger partial charge is 0.288 e. The maximum absolute atomic E-state index is 13.4. The fraction of sp³-hybridized carbons (Fsp3) is 0. The third kappa shape index (κ3) is 2.05. The van der Waals surface area contributed by atoms with Crippen LogP contribution in [0.15, 0.2) is 47.8 Å². The number of carbonyl (C=O) groups excluding carboxylic acids is 1.